The zero-order chi connectivity index (χ0) is 32.1. The van der Waals surface area contributed by atoms with Crippen LogP contribution in [0, 0.1) is 0 Å². The van der Waals surface area contributed by atoms with Crippen LogP contribution in [-0.2, 0) is 25.6 Å². The maximum atomic E-state index is 13.1. The highest BCUT2D eigenvalue weighted by molar-refractivity contribution is 5.65. The summed E-state index contributed by atoms with van der Waals surface area (Å²) in [6, 6.07) is 19.8. The third kappa shape index (κ3) is 7.91. The molecule has 6 aromatic rings. The average molecular weight is 607 g/mol. The van der Waals surface area contributed by atoms with Crippen molar-refractivity contribution < 1.29 is 36.7 Å². The number of hydrogen-bond donors (Lipinski definition) is 0. The van der Waals surface area contributed by atoms with Gasteiger partial charge in [-0.3, -0.25) is 0 Å². The van der Waals surface area contributed by atoms with Gasteiger partial charge in [0.05, 0.1) is 23.3 Å². The number of halogens is 4. The van der Waals surface area contributed by atoms with Crippen LogP contribution in [0.25, 0.3) is 33.8 Å². The van der Waals surface area contributed by atoms with Gasteiger partial charge in [0, 0.05) is 34.6 Å². The SMILES string of the molecule is CCc1cnc2ccc(-c3ccccc3C(F)F)nn12.FC(F)c1ccccc1-c1ccc2nccn2n1.O=C=O.O=C=O. The topological polar surface area (TPSA) is 129 Å². The lowest BCUT2D eigenvalue weighted by atomic mass is 10.0. The van der Waals surface area contributed by atoms with Crippen molar-refractivity contribution in [2.75, 3.05) is 0 Å². The number of fused-ring (bicyclic) bond motifs is 2. The van der Waals surface area contributed by atoms with Crippen LogP contribution in [-0.4, -0.2) is 41.5 Å². The molecule has 0 atom stereocenters. The largest absolute Gasteiger partial charge is 0.373 e. The minimum Gasteiger partial charge on any atom is -0.236 e. The van der Waals surface area contributed by atoms with Gasteiger partial charge >= 0.3 is 12.3 Å². The Morgan fingerprint density at radius 2 is 1.18 bits per heavy atom. The van der Waals surface area contributed by atoms with Gasteiger partial charge in [-0.25, -0.2) is 36.6 Å². The number of carbonyl (C=O) groups excluding carboxylic acids is 4. The molecular formula is C30H22F4N6O4. The Balaban J connectivity index is 0.000000205. The molecular weight excluding hydrogens is 584 g/mol. The minimum absolute atomic E-state index is 0.00230. The highest BCUT2D eigenvalue weighted by Gasteiger charge is 2.16. The van der Waals surface area contributed by atoms with E-state index in [2.05, 4.69) is 20.2 Å². The Bertz CT molecular complexity index is 1880. The van der Waals surface area contributed by atoms with Crippen molar-refractivity contribution in [2.45, 2.75) is 26.2 Å². The van der Waals surface area contributed by atoms with Crippen molar-refractivity contribution in [3.63, 3.8) is 0 Å². The summed E-state index contributed by atoms with van der Waals surface area (Å²) in [5.74, 6) is 0. The molecule has 2 aromatic carbocycles. The molecule has 0 bridgehead atoms. The molecule has 4 heterocycles. The number of aryl methyl sites for hydroxylation is 1. The monoisotopic (exact) mass is 606 g/mol. The van der Waals surface area contributed by atoms with Crippen LogP contribution in [0.2, 0.25) is 0 Å². The lowest BCUT2D eigenvalue weighted by Gasteiger charge is -2.08. The van der Waals surface area contributed by atoms with Crippen molar-refractivity contribution in [3.05, 3.63) is 108 Å². The highest BCUT2D eigenvalue weighted by atomic mass is 19.3. The average Bonchev–Trinajstić information content (AvgIpc) is 3.68. The summed E-state index contributed by atoms with van der Waals surface area (Å²) >= 11 is 0. The molecule has 0 spiro atoms. The van der Waals surface area contributed by atoms with Gasteiger partial charge in [0.1, 0.15) is 0 Å². The van der Waals surface area contributed by atoms with E-state index in [-0.39, 0.29) is 23.4 Å². The molecule has 0 unspecified atom stereocenters. The fourth-order valence-electron chi connectivity index (χ4n) is 4.11. The second-order valence-electron chi connectivity index (χ2n) is 8.48. The molecule has 0 radical (unpaired) electrons. The minimum atomic E-state index is -2.52. The number of imidazole rings is 2. The van der Waals surface area contributed by atoms with E-state index in [9.17, 15) is 17.6 Å². The molecule has 0 fully saturated rings. The summed E-state index contributed by atoms with van der Waals surface area (Å²) in [7, 11) is 0. The van der Waals surface area contributed by atoms with E-state index in [1.807, 2.05) is 6.92 Å². The Labute approximate surface area is 246 Å². The predicted octanol–water partition coefficient (Wildman–Crippen LogP) is 6.06. The summed E-state index contributed by atoms with van der Waals surface area (Å²) in [4.78, 5) is 40.8. The standard InChI is InChI=1S/C15H13F2N3.C13H9F2N3.2CO2/c1-2-10-9-18-14-8-7-13(19-20(10)14)11-5-3-4-6-12(11)15(16)17;14-13(15)10-4-2-1-3-9(10)11-5-6-12-16-7-8-18(12)17-11;2*2-1-3/h3-9,15H,2H2,1H3;1-8,13H;;. The van der Waals surface area contributed by atoms with E-state index >= 15 is 0 Å². The molecule has 0 aliphatic heterocycles. The molecule has 4 aromatic heterocycles. The number of rotatable bonds is 5. The molecule has 44 heavy (non-hydrogen) atoms. The fourth-order valence-corrected chi connectivity index (χ4v) is 4.11. The van der Waals surface area contributed by atoms with Gasteiger partial charge in [0.15, 0.2) is 11.3 Å². The number of hydrogen-bond acceptors (Lipinski definition) is 8. The fraction of sp³-hybridized carbons (Fsp3) is 0.133. The zero-order valence-corrected chi connectivity index (χ0v) is 22.9. The molecule has 0 saturated heterocycles. The molecule has 6 rings (SSSR count). The van der Waals surface area contributed by atoms with Crippen molar-refractivity contribution >= 4 is 23.6 Å². The lowest BCUT2D eigenvalue weighted by molar-refractivity contribution is -0.193. The second kappa shape index (κ2) is 16.0. The maximum absolute atomic E-state index is 13.1. The summed E-state index contributed by atoms with van der Waals surface area (Å²) in [6.45, 7) is 2.00. The van der Waals surface area contributed by atoms with Crippen LogP contribution in [0.1, 0.15) is 36.6 Å². The maximum Gasteiger partial charge on any atom is 0.373 e. The first-order chi connectivity index (χ1) is 21.3. The normalized spacial score (nSPS) is 10.2. The third-order valence-electron chi connectivity index (χ3n) is 5.99. The summed E-state index contributed by atoms with van der Waals surface area (Å²) in [5, 5.41) is 8.71. The van der Waals surface area contributed by atoms with E-state index < -0.39 is 12.9 Å². The van der Waals surface area contributed by atoms with Crippen LogP contribution in [0.15, 0.2) is 91.4 Å². The van der Waals surface area contributed by atoms with Crippen LogP contribution in [0.4, 0.5) is 17.6 Å². The summed E-state index contributed by atoms with van der Waals surface area (Å²) in [5.41, 5.74) is 4.30. The van der Waals surface area contributed by atoms with Gasteiger partial charge in [-0.2, -0.15) is 29.4 Å². The number of alkyl halides is 4. The van der Waals surface area contributed by atoms with Crippen molar-refractivity contribution in [1.82, 2.24) is 29.2 Å². The van der Waals surface area contributed by atoms with Crippen molar-refractivity contribution in [3.8, 4) is 22.5 Å². The van der Waals surface area contributed by atoms with Crippen molar-refractivity contribution in [2.24, 2.45) is 0 Å². The summed E-state index contributed by atoms with van der Waals surface area (Å²) < 4.78 is 55.2. The zero-order valence-electron chi connectivity index (χ0n) is 22.9. The highest BCUT2D eigenvalue weighted by Crippen LogP contribution is 2.31. The molecule has 10 nitrogen and oxygen atoms in total. The molecule has 224 valence electrons. The van der Waals surface area contributed by atoms with Crippen LogP contribution in [0.3, 0.4) is 0 Å². The molecule has 0 amide bonds. The van der Waals surface area contributed by atoms with Gasteiger partial charge in [0.2, 0.25) is 0 Å². The first-order valence-corrected chi connectivity index (χ1v) is 12.7. The molecule has 14 heteroatoms. The number of nitrogens with zero attached hydrogens (tertiary/aromatic N) is 6. The molecule has 0 aliphatic carbocycles. The Morgan fingerprint density at radius 3 is 1.70 bits per heavy atom. The van der Waals surface area contributed by atoms with E-state index in [4.69, 9.17) is 19.2 Å². The van der Waals surface area contributed by atoms with Crippen LogP contribution < -0.4 is 0 Å². The van der Waals surface area contributed by atoms with E-state index in [0.717, 1.165) is 17.8 Å². The lowest BCUT2D eigenvalue weighted by Crippen LogP contribution is -2.00. The van der Waals surface area contributed by atoms with Gasteiger partial charge in [-0.1, -0.05) is 55.5 Å². The number of benzene rings is 2. The first-order valence-electron chi connectivity index (χ1n) is 12.7. The van der Waals surface area contributed by atoms with Crippen LogP contribution >= 0.6 is 0 Å². The third-order valence-corrected chi connectivity index (χ3v) is 5.99. The molecule has 0 N–H and O–H groups in total. The predicted molar refractivity (Wildman–Crippen MR) is 146 cm³/mol. The van der Waals surface area contributed by atoms with E-state index in [1.165, 1.54) is 12.1 Å². The van der Waals surface area contributed by atoms with Gasteiger partial charge in [-0.15, -0.1) is 0 Å². The Morgan fingerprint density at radius 1 is 0.682 bits per heavy atom. The Hall–Kier alpha value is -5.84. The van der Waals surface area contributed by atoms with Gasteiger partial charge < -0.3 is 0 Å². The number of aromatic nitrogens is 6. The quantitative estimate of drug-likeness (QED) is 0.217. The van der Waals surface area contributed by atoms with Gasteiger partial charge in [0.25, 0.3) is 12.9 Å². The van der Waals surface area contributed by atoms with E-state index in [0.29, 0.717) is 28.2 Å². The molecule has 0 saturated carbocycles. The van der Waals surface area contributed by atoms with E-state index in [1.54, 1.807) is 88.3 Å². The smallest absolute Gasteiger partial charge is 0.236 e. The first kappa shape index (κ1) is 32.7. The van der Waals surface area contributed by atoms with Gasteiger partial charge in [-0.05, 0) is 30.7 Å². The second-order valence-corrected chi connectivity index (χ2v) is 8.48. The summed E-state index contributed by atoms with van der Waals surface area (Å²) in [6.07, 6.45) is 1.31. The van der Waals surface area contributed by atoms with Crippen molar-refractivity contribution in [1.29, 1.82) is 0 Å². The van der Waals surface area contributed by atoms with Crippen LogP contribution in [0.5, 0.6) is 0 Å². The Kier molecular flexibility index (Phi) is 11.9. The molecule has 0 aliphatic rings.